The van der Waals surface area contributed by atoms with Crippen molar-refractivity contribution in [3.8, 4) is 0 Å². The maximum atomic E-state index is 4.43. The molecule has 1 aromatic heterocycles. The van der Waals surface area contributed by atoms with Crippen LogP contribution in [0.2, 0.25) is 0 Å². The van der Waals surface area contributed by atoms with Crippen LogP contribution in [0.3, 0.4) is 0 Å². The summed E-state index contributed by atoms with van der Waals surface area (Å²) in [7, 11) is 1.91. The number of rotatable bonds is 3. The van der Waals surface area contributed by atoms with Crippen LogP contribution in [0.1, 0.15) is 12.5 Å². The first-order valence-electron chi connectivity index (χ1n) is 5.84. The van der Waals surface area contributed by atoms with Crippen LogP contribution in [-0.4, -0.2) is 43.2 Å². The fourth-order valence-corrected chi connectivity index (χ4v) is 2.09. The van der Waals surface area contributed by atoms with Gasteiger partial charge in [0.15, 0.2) is 0 Å². The average Bonchev–Trinajstić information content (AvgIpc) is 2.38. The molecule has 1 fully saturated rings. The van der Waals surface area contributed by atoms with Gasteiger partial charge in [-0.2, -0.15) is 0 Å². The molecule has 2 N–H and O–H groups in total. The lowest BCUT2D eigenvalue weighted by molar-refractivity contribution is 0.583. The van der Waals surface area contributed by atoms with Crippen LogP contribution >= 0.6 is 0 Å². The van der Waals surface area contributed by atoms with Crippen LogP contribution in [-0.2, 0) is 6.42 Å². The molecule has 0 amide bonds. The number of hydrogen-bond acceptors (Lipinski definition) is 5. The van der Waals surface area contributed by atoms with Crippen molar-refractivity contribution in [2.75, 3.05) is 43.4 Å². The molecule has 5 heteroatoms. The molecule has 0 unspecified atom stereocenters. The Morgan fingerprint density at radius 2 is 2.12 bits per heavy atom. The van der Waals surface area contributed by atoms with E-state index in [0.29, 0.717) is 0 Å². The molecule has 0 aliphatic carbocycles. The van der Waals surface area contributed by atoms with Gasteiger partial charge in [-0.05, 0) is 6.42 Å². The monoisotopic (exact) mass is 221 g/mol. The van der Waals surface area contributed by atoms with Gasteiger partial charge in [0, 0.05) is 38.8 Å². The molecule has 0 spiro atoms. The van der Waals surface area contributed by atoms with Crippen molar-refractivity contribution in [1.29, 1.82) is 0 Å². The summed E-state index contributed by atoms with van der Waals surface area (Å²) in [5.41, 5.74) is 1.21. The van der Waals surface area contributed by atoms with Gasteiger partial charge in [-0.3, -0.25) is 0 Å². The zero-order valence-electron chi connectivity index (χ0n) is 9.95. The summed E-state index contributed by atoms with van der Waals surface area (Å²) in [4.78, 5) is 11.0. The van der Waals surface area contributed by atoms with Gasteiger partial charge in [0.05, 0.1) is 0 Å². The number of anilines is 2. The molecule has 1 saturated heterocycles. The van der Waals surface area contributed by atoms with E-state index in [2.05, 4.69) is 32.4 Å². The molecule has 1 aromatic rings. The van der Waals surface area contributed by atoms with Crippen LogP contribution in [0.25, 0.3) is 0 Å². The molecule has 1 aliphatic rings. The number of piperazine rings is 1. The predicted octanol–water partition coefficient (Wildman–Crippen LogP) is 0.490. The minimum atomic E-state index is 0.950. The zero-order chi connectivity index (χ0) is 11.4. The highest BCUT2D eigenvalue weighted by Crippen LogP contribution is 2.23. The Balaban J connectivity index is 2.30. The van der Waals surface area contributed by atoms with Gasteiger partial charge in [0.25, 0.3) is 0 Å². The SMILES string of the molecule is CCc1c(NC)ncnc1N1CCNCC1. The maximum Gasteiger partial charge on any atom is 0.137 e. The Kier molecular flexibility index (Phi) is 3.56. The summed E-state index contributed by atoms with van der Waals surface area (Å²) >= 11 is 0. The molecule has 1 aliphatic heterocycles. The minimum absolute atomic E-state index is 0.950. The largest absolute Gasteiger partial charge is 0.373 e. The number of aromatic nitrogens is 2. The quantitative estimate of drug-likeness (QED) is 0.778. The summed E-state index contributed by atoms with van der Waals surface area (Å²) in [5, 5.41) is 6.48. The second kappa shape index (κ2) is 5.12. The third-order valence-electron chi connectivity index (χ3n) is 2.93. The van der Waals surface area contributed by atoms with Gasteiger partial charge in [-0.1, -0.05) is 6.92 Å². The van der Waals surface area contributed by atoms with Crippen molar-refractivity contribution in [3.63, 3.8) is 0 Å². The van der Waals surface area contributed by atoms with E-state index in [1.54, 1.807) is 6.33 Å². The topological polar surface area (TPSA) is 53.1 Å². The summed E-state index contributed by atoms with van der Waals surface area (Å²) in [6.07, 6.45) is 2.60. The first-order chi connectivity index (χ1) is 7.86. The van der Waals surface area contributed by atoms with Crippen LogP contribution in [0.5, 0.6) is 0 Å². The minimum Gasteiger partial charge on any atom is -0.373 e. The van der Waals surface area contributed by atoms with Crippen molar-refractivity contribution < 1.29 is 0 Å². The van der Waals surface area contributed by atoms with E-state index in [1.165, 1.54) is 5.56 Å². The van der Waals surface area contributed by atoms with Crippen molar-refractivity contribution >= 4 is 11.6 Å². The first kappa shape index (κ1) is 11.1. The number of nitrogens with zero attached hydrogens (tertiary/aromatic N) is 3. The molecule has 88 valence electrons. The van der Waals surface area contributed by atoms with Gasteiger partial charge >= 0.3 is 0 Å². The standard InChI is InChI=1S/C11H19N5/c1-3-9-10(12-2)14-8-15-11(9)16-6-4-13-5-7-16/h8,13H,3-7H2,1-2H3,(H,12,14,15). The second-order valence-corrected chi connectivity index (χ2v) is 3.87. The smallest absolute Gasteiger partial charge is 0.137 e. The van der Waals surface area contributed by atoms with Crippen LogP contribution in [0.15, 0.2) is 6.33 Å². The Bertz CT molecular complexity index is 346. The third kappa shape index (κ3) is 2.09. The van der Waals surface area contributed by atoms with Crippen LogP contribution in [0, 0.1) is 0 Å². The molecule has 0 aromatic carbocycles. The van der Waals surface area contributed by atoms with E-state index < -0.39 is 0 Å². The highest BCUT2D eigenvalue weighted by atomic mass is 15.2. The van der Waals surface area contributed by atoms with Gasteiger partial charge < -0.3 is 15.5 Å². The Morgan fingerprint density at radius 1 is 1.38 bits per heavy atom. The summed E-state index contributed by atoms with van der Waals surface area (Å²) in [5.74, 6) is 2.04. The first-order valence-corrected chi connectivity index (χ1v) is 5.84. The Hall–Kier alpha value is -1.36. The van der Waals surface area contributed by atoms with Crippen molar-refractivity contribution in [3.05, 3.63) is 11.9 Å². The molecule has 2 heterocycles. The molecular weight excluding hydrogens is 202 g/mol. The normalized spacial score (nSPS) is 16.2. The Labute approximate surface area is 96.3 Å². The molecule has 2 rings (SSSR count). The summed E-state index contributed by atoms with van der Waals surface area (Å²) < 4.78 is 0. The van der Waals surface area contributed by atoms with E-state index in [1.807, 2.05) is 7.05 Å². The second-order valence-electron chi connectivity index (χ2n) is 3.87. The maximum absolute atomic E-state index is 4.43. The predicted molar refractivity (Wildman–Crippen MR) is 66.0 cm³/mol. The van der Waals surface area contributed by atoms with Gasteiger partial charge in [-0.25, -0.2) is 9.97 Å². The van der Waals surface area contributed by atoms with Crippen molar-refractivity contribution in [1.82, 2.24) is 15.3 Å². The van der Waals surface area contributed by atoms with E-state index in [0.717, 1.165) is 44.2 Å². The van der Waals surface area contributed by atoms with E-state index >= 15 is 0 Å². The molecule has 0 atom stereocenters. The molecule has 0 saturated carbocycles. The van der Waals surface area contributed by atoms with Crippen LogP contribution < -0.4 is 15.5 Å². The van der Waals surface area contributed by atoms with Crippen LogP contribution in [0.4, 0.5) is 11.6 Å². The van der Waals surface area contributed by atoms with Gasteiger partial charge in [0.2, 0.25) is 0 Å². The number of nitrogens with one attached hydrogen (secondary N) is 2. The molecular formula is C11H19N5. The van der Waals surface area contributed by atoms with Crippen molar-refractivity contribution in [2.24, 2.45) is 0 Å². The van der Waals surface area contributed by atoms with Gasteiger partial charge in [0.1, 0.15) is 18.0 Å². The van der Waals surface area contributed by atoms with E-state index in [-0.39, 0.29) is 0 Å². The molecule has 0 radical (unpaired) electrons. The lowest BCUT2D eigenvalue weighted by atomic mass is 10.2. The molecule has 16 heavy (non-hydrogen) atoms. The lowest BCUT2D eigenvalue weighted by Gasteiger charge is -2.30. The van der Waals surface area contributed by atoms with E-state index in [9.17, 15) is 0 Å². The lowest BCUT2D eigenvalue weighted by Crippen LogP contribution is -2.44. The zero-order valence-corrected chi connectivity index (χ0v) is 9.95. The molecule has 5 nitrogen and oxygen atoms in total. The number of hydrogen-bond donors (Lipinski definition) is 2. The Morgan fingerprint density at radius 3 is 2.75 bits per heavy atom. The molecule has 0 bridgehead atoms. The highest BCUT2D eigenvalue weighted by molar-refractivity contribution is 5.58. The summed E-state index contributed by atoms with van der Waals surface area (Å²) in [6, 6.07) is 0. The average molecular weight is 221 g/mol. The third-order valence-corrected chi connectivity index (χ3v) is 2.93. The fourth-order valence-electron chi connectivity index (χ4n) is 2.09. The highest BCUT2D eigenvalue weighted by Gasteiger charge is 2.17. The van der Waals surface area contributed by atoms with E-state index in [4.69, 9.17) is 0 Å². The van der Waals surface area contributed by atoms with Gasteiger partial charge in [-0.15, -0.1) is 0 Å². The fraction of sp³-hybridized carbons (Fsp3) is 0.636. The summed E-state index contributed by atoms with van der Waals surface area (Å²) in [6.45, 7) is 6.25. The van der Waals surface area contributed by atoms with Crippen molar-refractivity contribution in [2.45, 2.75) is 13.3 Å².